The normalized spacial score (nSPS) is 16.1. The van der Waals surface area contributed by atoms with Gasteiger partial charge in [-0.15, -0.1) is 0 Å². The van der Waals surface area contributed by atoms with Crippen LogP contribution in [-0.4, -0.2) is 29.5 Å². The number of ether oxygens (including phenoxy) is 1. The van der Waals surface area contributed by atoms with E-state index < -0.39 is 23.9 Å². The van der Waals surface area contributed by atoms with E-state index in [2.05, 4.69) is 10.0 Å². The monoisotopic (exact) mass is 354 g/mol. The van der Waals surface area contributed by atoms with Crippen LogP contribution in [0.15, 0.2) is 53.6 Å². The predicted octanol–water partition coefficient (Wildman–Crippen LogP) is 3.90. The van der Waals surface area contributed by atoms with Crippen LogP contribution in [0.1, 0.15) is 11.1 Å². The molecule has 1 heterocycles. The van der Waals surface area contributed by atoms with Gasteiger partial charge in [0.05, 0.1) is 12.5 Å². The van der Waals surface area contributed by atoms with Gasteiger partial charge >= 0.3 is 6.09 Å². The highest BCUT2D eigenvalue weighted by Gasteiger charge is 2.37. The average molecular weight is 354 g/mol. The molecule has 1 saturated heterocycles. The van der Waals surface area contributed by atoms with E-state index in [1.807, 2.05) is 30.3 Å². The number of carbonyl (C=O) groups excluding carboxylic acids is 2. The van der Waals surface area contributed by atoms with Gasteiger partial charge in [-0.25, -0.2) is 14.1 Å². The van der Waals surface area contributed by atoms with Crippen LogP contribution in [0.5, 0.6) is 0 Å². The van der Waals surface area contributed by atoms with E-state index in [4.69, 9.17) is 10.3 Å². The first-order valence-corrected chi connectivity index (χ1v) is 7.94. The van der Waals surface area contributed by atoms with E-state index in [0.29, 0.717) is 12.0 Å². The molecule has 2 aromatic carbocycles. The smallest absolute Gasteiger partial charge is 0.416 e. The van der Waals surface area contributed by atoms with Crippen molar-refractivity contribution in [1.82, 2.24) is 4.90 Å². The Morgan fingerprint density at radius 1 is 1.31 bits per heavy atom. The molecule has 3 rings (SSSR count). The Hall–Kier alpha value is -3.38. The SMILES string of the molecule is [N-]=[N+]=Nc1cc(F)ccc1CC(=O)N1C(=O)OC[C@@H]1Cc1ccccc1. The molecular weight excluding hydrogens is 339 g/mol. The van der Waals surface area contributed by atoms with Crippen molar-refractivity contribution >= 4 is 17.7 Å². The predicted molar refractivity (Wildman–Crippen MR) is 91.0 cm³/mol. The van der Waals surface area contributed by atoms with E-state index >= 15 is 0 Å². The molecule has 1 fully saturated rings. The Kier molecular flexibility index (Phi) is 5.15. The van der Waals surface area contributed by atoms with E-state index in [9.17, 15) is 14.0 Å². The number of benzene rings is 2. The summed E-state index contributed by atoms with van der Waals surface area (Å²) in [5.74, 6) is -1.07. The zero-order valence-corrected chi connectivity index (χ0v) is 13.7. The molecule has 1 aliphatic rings. The molecule has 2 aromatic rings. The Morgan fingerprint density at radius 2 is 2.08 bits per heavy atom. The van der Waals surface area contributed by atoms with Crippen molar-refractivity contribution in [1.29, 1.82) is 0 Å². The van der Waals surface area contributed by atoms with Crippen molar-refractivity contribution in [2.45, 2.75) is 18.9 Å². The number of cyclic esters (lactones) is 1. The lowest BCUT2D eigenvalue weighted by Gasteiger charge is -2.20. The lowest BCUT2D eigenvalue weighted by Crippen LogP contribution is -2.41. The molecule has 1 atom stereocenters. The van der Waals surface area contributed by atoms with Crippen molar-refractivity contribution in [3.8, 4) is 0 Å². The number of amides is 2. The summed E-state index contributed by atoms with van der Waals surface area (Å²) in [5, 5.41) is 3.41. The van der Waals surface area contributed by atoms with Gasteiger partial charge in [-0.2, -0.15) is 0 Å². The van der Waals surface area contributed by atoms with Gasteiger partial charge in [-0.3, -0.25) is 4.79 Å². The minimum atomic E-state index is -0.705. The molecule has 0 bridgehead atoms. The Balaban J connectivity index is 1.79. The van der Waals surface area contributed by atoms with Crippen LogP contribution in [0.4, 0.5) is 14.9 Å². The molecule has 8 heteroatoms. The lowest BCUT2D eigenvalue weighted by molar-refractivity contribution is -0.128. The topological polar surface area (TPSA) is 95.4 Å². The highest BCUT2D eigenvalue weighted by Crippen LogP contribution is 2.24. The summed E-state index contributed by atoms with van der Waals surface area (Å²) in [5.41, 5.74) is 9.93. The third-order valence-electron chi connectivity index (χ3n) is 4.09. The van der Waals surface area contributed by atoms with Gasteiger partial charge in [0.2, 0.25) is 5.91 Å². The Morgan fingerprint density at radius 3 is 2.81 bits per heavy atom. The number of nitrogens with zero attached hydrogens (tertiary/aromatic N) is 4. The highest BCUT2D eigenvalue weighted by atomic mass is 19.1. The van der Waals surface area contributed by atoms with Gasteiger partial charge in [-0.1, -0.05) is 41.5 Å². The standard InChI is InChI=1S/C18H15FN4O3/c19-14-7-6-13(16(10-14)21-22-20)9-17(24)23-15(11-26-18(23)25)8-12-4-2-1-3-5-12/h1-7,10,15H,8-9,11H2/t15-/m0/s1. The Labute approximate surface area is 148 Å². The number of hydrogen-bond donors (Lipinski definition) is 0. The Bertz CT molecular complexity index is 881. The molecule has 26 heavy (non-hydrogen) atoms. The fourth-order valence-corrected chi connectivity index (χ4v) is 2.88. The second-order valence-corrected chi connectivity index (χ2v) is 5.82. The summed E-state index contributed by atoms with van der Waals surface area (Å²) in [6, 6.07) is 12.6. The summed E-state index contributed by atoms with van der Waals surface area (Å²) < 4.78 is 18.4. The van der Waals surface area contributed by atoms with Crippen LogP contribution >= 0.6 is 0 Å². The highest BCUT2D eigenvalue weighted by molar-refractivity contribution is 5.95. The van der Waals surface area contributed by atoms with E-state index in [1.54, 1.807) is 0 Å². The molecule has 1 aliphatic heterocycles. The van der Waals surface area contributed by atoms with Crippen LogP contribution in [0, 0.1) is 5.82 Å². The zero-order chi connectivity index (χ0) is 18.5. The van der Waals surface area contributed by atoms with Crippen LogP contribution in [-0.2, 0) is 22.4 Å². The summed E-state index contributed by atoms with van der Waals surface area (Å²) >= 11 is 0. The fraction of sp³-hybridized carbons (Fsp3) is 0.222. The zero-order valence-electron chi connectivity index (χ0n) is 13.7. The molecular formula is C18H15FN4O3. The van der Waals surface area contributed by atoms with E-state index in [0.717, 1.165) is 16.5 Å². The van der Waals surface area contributed by atoms with Crippen LogP contribution in [0.3, 0.4) is 0 Å². The summed E-state index contributed by atoms with van der Waals surface area (Å²) in [6.07, 6.45) is -0.427. The molecule has 0 aromatic heterocycles. The van der Waals surface area contributed by atoms with E-state index in [1.165, 1.54) is 12.1 Å². The molecule has 132 valence electrons. The van der Waals surface area contributed by atoms with Crippen LogP contribution < -0.4 is 0 Å². The second-order valence-electron chi connectivity index (χ2n) is 5.82. The average Bonchev–Trinajstić information content (AvgIpc) is 2.99. The molecule has 0 spiro atoms. The van der Waals surface area contributed by atoms with Gasteiger partial charge in [0.15, 0.2) is 0 Å². The molecule has 2 amide bonds. The van der Waals surface area contributed by atoms with Gasteiger partial charge in [0.1, 0.15) is 12.4 Å². The first-order valence-electron chi connectivity index (χ1n) is 7.94. The third kappa shape index (κ3) is 3.81. The second kappa shape index (κ2) is 7.67. The van der Waals surface area contributed by atoms with Crippen molar-refractivity contribution < 1.29 is 18.7 Å². The van der Waals surface area contributed by atoms with Crippen LogP contribution in [0.2, 0.25) is 0 Å². The largest absolute Gasteiger partial charge is 0.447 e. The summed E-state index contributed by atoms with van der Waals surface area (Å²) in [6.45, 7) is 0.117. The number of imide groups is 1. The molecule has 0 N–H and O–H groups in total. The number of halogens is 1. The molecule has 0 saturated carbocycles. The summed E-state index contributed by atoms with van der Waals surface area (Å²) in [4.78, 5) is 28.4. The number of carbonyl (C=O) groups is 2. The minimum absolute atomic E-state index is 0.0213. The minimum Gasteiger partial charge on any atom is -0.447 e. The van der Waals surface area contributed by atoms with Gasteiger partial charge in [0.25, 0.3) is 0 Å². The molecule has 0 aliphatic carbocycles. The van der Waals surface area contributed by atoms with Crippen molar-refractivity contribution in [3.05, 3.63) is 75.9 Å². The molecule has 0 unspecified atom stereocenters. The number of hydrogen-bond acceptors (Lipinski definition) is 4. The lowest BCUT2D eigenvalue weighted by atomic mass is 10.0. The quantitative estimate of drug-likeness (QED) is 0.463. The first kappa shape index (κ1) is 17.4. The summed E-state index contributed by atoms with van der Waals surface area (Å²) in [7, 11) is 0. The van der Waals surface area contributed by atoms with Crippen molar-refractivity contribution in [2.75, 3.05) is 6.61 Å². The van der Waals surface area contributed by atoms with Crippen molar-refractivity contribution in [2.24, 2.45) is 5.11 Å². The number of rotatable bonds is 5. The van der Waals surface area contributed by atoms with Gasteiger partial charge in [-0.05, 0) is 35.2 Å². The van der Waals surface area contributed by atoms with Gasteiger partial charge < -0.3 is 4.74 Å². The third-order valence-corrected chi connectivity index (χ3v) is 4.09. The van der Waals surface area contributed by atoms with Crippen LogP contribution in [0.25, 0.3) is 10.4 Å². The molecule has 7 nitrogen and oxygen atoms in total. The number of azide groups is 1. The van der Waals surface area contributed by atoms with E-state index in [-0.39, 0.29) is 18.7 Å². The maximum Gasteiger partial charge on any atom is 0.416 e. The van der Waals surface area contributed by atoms with Gasteiger partial charge in [0, 0.05) is 10.6 Å². The maximum atomic E-state index is 13.3. The molecule has 0 radical (unpaired) electrons. The first-order chi connectivity index (χ1) is 12.6. The maximum absolute atomic E-state index is 13.3. The fourth-order valence-electron chi connectivity index (χ4n) is 2.88. The van der Waals surface area contributed by atoms with Crippen molar-refractivity contribution in [3.63, 3.8) is 0 Å².